The molecule has 4 aromatic rings. The van der Waals surface area contributed by atoms with Gasteiger partial charge in [-0.2, -0.15) is 20.1 Å². The number of hydrogen-bond acceptors (Lipinski definition) is 8. The maximum atomic E-state index is 14.7. The van der Waals surface area contributed by atoms with Crippen LogP contribution in [-0.2, 0) is 15.8 Å². The van der Waals surface area contributed by atoms with Gasteiger partial charge in [-0.05, 0) is 63.6 Å². The second-order valence-corrected chi connectivity index (χ2v) is 13.6. The summed E-state index contributed by atoms with van der Waals surface area (Å²) in [5.74, 6) is -4.26. The van der Waals surface area contributed by atoms with Gasteiger partial charge in [0.15, 0.2) is 5.69 Å². The molecule has 282 valence electrons. The van der Waals surface area contributed by atoms with Crippen LogP contribution in [0, 0.1) is 17.1 Å². The summed E-state index contributed by atoms with van der Waals surface area (Å²) in [7, 11) is 0. The van der Waals surface area contributed by atoms with Gasteiger partial charge in [-0.25, -0.2) is 13.9 Å². The number of carbonyl (C=O) groups is 4. The molecule has 54 heavy (non-hydrogen) atoms. The van der Waals surface area contributed by atoms with Gasteiger partial charge in [0.25, 0.3) is 17.7 Å². The number of ether oxygens (including phenoxy) is 1. The van der Waals surface area contributed by atoms with E-state index in [0.29, 0.717) is 11.9 Å². The molecule has 4 heterocycles. The number of halogens is 4. The highest BCUT2D eigenvalue weighted by Gasteiger charge is 2.49. The fourth-order valence-corrected chi connectivity index (χ4v) is 6.50. The standard InChI is InChI=1S/C36H35F4N9O5/c1-5-46-31-27(26(21-11-13-22(37)14-12-21)28(32(46)51)42-30(50)25-15-16-48(43-25)36(38,39)40)29(44-49(31)23-9-7-6-8-10-23)33(52)47-18-17-45(20-24(47)19-41)34(53)54-35(2,3)4/h6-16,24,26,28H,5,17-18,20H2,1-4H3,(H,42,50)/t24-,26+,28+/m1/s1. The van der Waals surface area contributed by atoms with Crippen LogP contribution in [0.2, 0.25) is 0 Å². The van der Waals surface area contributed by atoms with Crippen LogP contribution in [0.15, 0.2) is 66.9 Å². The van der Waals surface area contributed by atoms with Gasteiger partial charge < -0.3 is 19.9 Å². The zero-order valence-electron chi connectivity index (χ0n) is 29.5. The van der Waals surface area contributed by atoms with Crippen molar-refractivity contribution in [3.63, 3.8) is 0 Å². The molecule has 2 aromatic carbocycles. The summed E-state index contributed by atoms with van der Waals surface area (Å²) in [6.07, 6.45) is -5.02. The summed E-state index contributed by atoms with van der Waals surface area (Å²) in [6, 6.07) is 13.8. The lowest BCUT2D eigenvalue weighted by Crippen LogP contribution is -2.57. The van der Waals surface area contributed by atoms with Crippen molar-refractivity contribution >= 4 is 29.6 Å². The lowest BCUT2D eigenvalue weighted by Gasteiger charge is -2.40. The number of carbonyl (C=O) groups excluding carboxylic acids is 4. The third-order valence-corrected chi connectivity index (χ3v) is 8.89. The maximum absolute atomic E-state index is 14.7. The van der Waals surface area contributed by atoms with Crippen molar-refractivity contribution in [2.45, 2.75) is 57.6 Å². The number of rotatable bonds is 6. The van der Waals surface area contributed by atoms with E-state index in [-0.39, 0.29) is 53.5 Å². The first-order valence-electron chi connectivity index (χ1n) is 16.9. The average molecular weight is 750 g/mol. The van der Waals surface area contributed by atoms with Crippen LogP contribution in [0.1, 0.15) is 65.7 Å². The van der Waals surface area contributed by atoms with E-state index in [2.05, 4.69) is 16.5 Å². The molecular weight excluding hydrogens is 714 g/mol. The van der Waals surface area contributed by atoms with E-state index in [1.54, 1.807) is 58.0 Å². The Morgan fingerprint density at radius 1 is 1.00 bits per heavy atom. The summed E-state index contributed by atoms with van der Waals surface area (Å²) in [5.41, 5.74) is -0.805. The minimum Gasteiger partial charge on any atom is -0.444 e. The number of para-hydroxylation sites is 1. The number of benzene rings is 2. The number of nitrogens with zero attached hydrogens (tertiary/aromatic N) is 8. The van der Waals surface area contributed by atoms with Crippen LogP contribution in [-0.4, -0.2) is 97.0 Å². The van der Waals surface area contributed by atoms with Crippen molar-refractivity contribution in [3.05, 3.63) is 95.2 Å². The molecule has 6 rings (SSSR count). The number of likely N-dealkylation sites (N-methyl/N-ethyl adjacent to an activating group) is 1. The number of aromatic nitrogens is 4. The maximum Gasteiger partial charge on any atom is 0.504 e. The van der Waals surface area contributed by atoms with Crippen LogP contribution in [0.3, 0.4) is 0 Å². The third-order valence-electron chi connectivity index (χ3n) is 8.89. The molecule has 18 heteroatoms. The van der Waals surface area contributed by atoms with Gasteiger partial charge in [0, 0.05) is 37.3 Å². The van der Waals surface area contributed by atoms with Gasteiger partial charge in [-0.3, -0.25) is 19.3 Å². The Morgan fingerprint density at radius 3 is 2.28 bits per heavy atom. The number of piperazine rings is 1. The number of anilines is 1. The normalized spacial score (nSPS) is 18.9. The van der Waals surface area contributed by atoms with E-state index in [1.165, 1.54) is 31.5 Å². The molecule has 14 nitrogen and oxygen atoms in total. The number of amides is 4. The highest BCUT2D eigenvalue weighted by atomic mass is 19.4. The topological polar surface area (TPSA) is 159 Å². The average Bonchev–Trinajstić information content (AvgIpc) is 3.79. The van der Waals surface area contributed by atoms with E-state index >= 15 is 0 Å². The Bertz CT molecular complexity index is 2120. The van der Waals surface area contributed by atoms with E-state index in [4.69, 9.17) is 9.84 Å². The predicted octanol–water partition coefficient (Wildman–Crippen LogP) is 4.57. The number of nitriles is 1. The van der Waals surface area contributed by atoms with Crippen LogP contribution < -0.4 is 10.2 Å². The molecule has 2 aliphatic rings. The largest absolute Gasteiger partial charge is 0.504 e. The fraction of sp³-hybridized carbons (Fsp3) is 0.361. The van der Waals surface area contributed by atoms with Crippen molar-refractivity contribution in [1.82, 2.24) is 34.7 Å². The molecule has 1 saturated heterocycles. The number of nitrogens with one attached hydrogen (secondary N) is 1. The Hall–Kier alpha value is -6.25. The Morgan fingerprint density at radius 2 is 1.69 bits per heavy atom. The van der Waals surface area contributed by atoms with Crippen molar-refractivity contribution < 1.29 is 41.5 Å². The summed E-state index contributed by atoms with van der Waals surface area (Å²) in [4.78, 5) is 59.5. The number of alkyl halides is 3. The first kappa shape index (κ1) is 37.5. The highest BCUT2D eigenvalue weighted by molar-refractivity contribution is 6.07. The molecule has 0 aliphatic carbocycles. The molecule has 1 fully saturated rings. The molecule has 3 atom stereocenters. The fourth-order valence-electron chi connectivity index (χ4n) is 6.50. The molecule has 4 amide bonds. The number of fused-ring (bicyclic) bond motifs is 1. The van der Waals surface area contributed by atoms with Gasteiger partial charge in [0.2, 0.25) is 0 Å². The smallest absolute Gasteiger partial charge is 0.444 e. The van der Waals surface area contributed by atoms with Crippen LogP contribution >= 0.6 is 0 Å². The van der Waals surface area contributed by atoms with E-state index in [1.807, 2.05) is 0 Å². The van der Waals surface area contributed by atoms with Gasteiger partial charge in [-0.15, -0.1) is 13.2 Å². The second-order valence-electron chi connectivity index (χ2n) is 13.6. The highest BCUT2D eigenvalue weighted by Crippen LogP contribution is 2.44. The molecule has 0 radical (unpaired) electrons. The summed E-state index contributed by atoms with van der Waals surface area (Å²) in [5, 5.41) is 20.8. The molecule has 0 spiro atoms. The Balaban J connectivity index is 1.50. The van der Waals surface area contributed by atoms with E-state index < -0.39 is 65.2 Å². The lowest BCUT2D eigenvalue weighted by molar-refractivity contribution is -0.212. The minimum absolute atomic E-state index is 0.00141. The molecular formula is C36H35F4N9O5. The zero-order chi connectivity index (χ0) is 39.1. The number of hydrogen-bond donors (Lipinski definition) is 1. The summed E-state index contributed by atoms with van der Waals surface area (Å²) in [6.45, 7) is 6.49. The monoisotopic (exact) mass is 749 g/mol. The van der Waals surface area contributed by atoms with Crippen LogP contribution in [0.4, 0.5) is 28.2 Å². The van der Waals surface area contributed by atoms with E-state index in [9.17, 15) is 42.0 Å². The molecule has 1 N–H and O–H groups in total. The van der Waals surface area contributed by atoms with Crippen molar-refractivity contribution in [2.75, 3.05) is 31.1 Å². The van der Waals surface area contributed by atoms with Crippen molar-refractivity contribution in [2.24, 2.45) is 0 Å². The van der Waals surface area contributed by atoms with E-state index in [0.717, 1.165) is 18.2 Å². The molecule has 2 aliphatic heterocycles. The molecule has 0 unspecified atom stereocenters. The second kappa shape index (κ2) is 14.3. The minimum atomic E-state index is -4.91. The van der Waals surface area contributed by atoms with Crippen molar-refractivity contribution in [3.8, 4) is 11.8 Å². The molecule has 0 saturated carbocycles. The lowest BCUT2D eigenvalue weighted by atomic mass is 9.80. The first-order valence-corrected chi connectivity index (χ1v) is 16.9. The quantitative estimate of drug-likeness (QED) is 0.281. The van der Waals surface area contributed by atoms with Crippen molar-refractivity contribution in [1.29, 1.82) is 5.26 Å². The Kier molecular flexibility index (Phi) is 9.92. The van der Waals surface area contributed by atoms with Crippen LogP contribution in [0.5, 0.6) is 0 Å². The molecule has 0 bridgehead atoms. The van der Waals surface area contributed by atoms with Crippen LogP contribution in [0.25, 0.3) is 5.69 Å². The molecule has 2 aromatic heterocycles. The predicted molar refractivity (Wildman–Crippen MR) is 183 cm³/mol. The first-order chi connectivity index (χ1) is 25.5. The van der Waals surface area contributed by atoms with Gasteiger partial charge in [0.05, 0.1) is 18.3 Å². The van der Waals surface area contributed by atoms with Gasteiger partial charge >= 0.3 is 12.4 Å². The van der Waals surface area contributed by atoms with Gasteiger partial charge in [-0.1, -0.05) is 30.3 Å². The third kappa shape index (κ3) is 7.21. The summed E-state index contributed by atoms with van der Waals surface area (Å²) >= 11 is 0. The zero-order valence-corrected chi connectivity index (χ0v) is 29.5. The Labute approximate surface area is 306 Å². The van der Waals surface area contributed by atoms with Gasteiger partial charge in [0.1, 0.15) is 35.0 Å². The summed E-state index contributed by atoms with van der Waals surface area (Å²) < 4.78 is 60.9. The SMILES string of the molecule is CCN1C(=O)[C@@H](NC(=O)c2ccn(C(F)(F)F)n2)[C@@H](c2ccc(F)cc2)c2c(C(=O)N3CCN(C(=O)OC(C)(C)C)C[C@H]3C#N)nn(-c3ccccc3)c21.